The van der Waals surface area contributed by atoms with Crippen molar-refractivity contribution in [2.24, 2.45) is 5.92 Å². The van der Waals surface area contributed by atoms with E-state index in [1.807, 2.05) is 37.3 Å². The van der Waals surface area contributed by atoms with E-state index in [-0.39, 0.29) is 12.0 Å². The molecule has 2 atom stereocenters. The Kier molecular flexibility index (Phi) is 5.36. The molecular formula is C14H20N2O3. The van der Waals surface area contributed by atoms with E-state index in [0.717, 1.165) is 5.56 Å². The third-order valence-corrected chi connectivity index (χ3v) is 2.87. The molecule has 0 aromatic heterocycles. The van der Waals surface area contributed by atoms with Crippen LogP contribution in [0.5, 0.6) is 0 Å². The number of carbonyl (C=O) groups excluding carboxylic acids is 1. The van der Waals surface area contributed by atoms with Gasteiger partial charge in [0.1, 0.15) is 6.04 Å². The first-order chi connectivity index (χ1) is 8.91. The Balaban J connectivity index is 2.58. The van der Waals surface area contributed by atoms with Crippen molar-refractivity contribution < 1.29 is 14.7 Å². The van der Waals surface area contributed by atoms with Gasteiger partial charge >= 0.3 is 12.0 Å². The third-order valence-electron chi connectivity index (χ3n) is 2.87. The van der Waals surface area contributed by atoms with E-state index in [1.54, 1.807) is 13.8 Å². The largest absolute Gasteiger partial charge is 0.480 e. The van der Waals surface area contributed by atoms with E-state index in [4.69, 9.17) is 5.11 Å². The van der Waals surface area contributed by atoms with Gasteiger partial charge in [0.05, 0.1) is 6.04 Å². The summed E-state index contributed by atoms with van der Waals surface area (Å²) in [5.41, 5.74) is 0.967. The van der Waals surface area contributed by atoms with Gasteiger partial charge in [0.2, 0.25) is 0 Å². The molecule has 5 heteroatoms. The molecule has 5 nitrogen and oxygen atoms in total. The Hall–Kier alpha value is -2.04. The molecule has 104 valence electrons. The molecular weight excluding hydrogens is 244 g/mol. The Morgan fingerprint density at radius 2 is 1.63 bits per heavy atom. The summed E-state index contributed by atoms with van der Waals surface area (Å²) in [6.07, 6.45) is 0. The molecule has 1 unspecified atom stereocenters. The SMILES string of the molecule is CC(NC(=O)N[C@H](C(=O)O)C(C)C)c1ccccc1. The Labute approximate surface area is 113 Å². The monoisotopic (exact) mass is 264 g/mol. The molecule has 0 spiro atoms. The van der Waals surface area contributed by atoms with Gasteiger partial charge in [-0.2, -0.15) is 0 Å². The molecule has 1 aromatic carbocycles. The minimum Gasteiger partial charge on any atom is -0.480 e. The summed E-state index contributed by atoms with van der Waals surface area (Å²) < 4.78 is 0. The fourth-order valence-electron chi connectivity index (χ4n) is 1.72. The van der Waals surface area contributed by atoms with Gasteiger partial charge in [0.15, 0.2) is 0 Å². The van der Waals surface area contributed by atoms with E-state index in [0.29, 0.717) is 0 Å². The summed E-state index contributed by atoms with van der Waals surface area (Å²) in [4.78, 5) is 22.8. The molecule has 1 aromatic rings. The predicted octanol–water partition coefficient (Wildman–Crippen LogP) is 2.16. The van der Waals surface area contributed by atoms with Crippen LogP contribution in [0.25, 0.3) is 0 Å². The normalized spacial score (nSPS) is 13.7. The molecule has 0 bridgehead atoms. The summed E-state index contributed by atoms with van der Waals surface area (Å²) in [6.45, 7) is 5.35. The van der Waals surface area contributed by atoms with Crippen LogP contribution in [0.4, 0.5) is 4.79 Å². The maximum atomic E-state index is 11.8. The second-order valence-electron chi connectivity index (χ2n) is 4.81. The summed E-state index contributed by atoms with van der Waals surface area (Å²) in [5.74, 6) is -1.20. The first-order valence-corrected chi connectivity index (χ1v) is 6.26. The molecule has 1 rings (SSSR count). The average Bonchev–Trinajstić information content (AvgIpc) is 2.36. The van der Waals surface area contributed by atoms with Crippen molar-refractivity contribution in [2.75, 3.05) is 0 Å². The van der Waals surface area contributed by atoms with Gasteiger partial charge < -0.3 is 15.7 Å². The number of hydrogen-bond acceptors (Lipinski definition) is 2. The highest BCUT2D eigenvalue weighted by molar-refractivity contribution is 5.82. The molecule has 0 fully saturated rings. The van der Waals surface area contributed by atoms with Crippen LogP contribution in [0.2, 0.25) is 0 Å². The van der Waals surface area contributed by atoms with E-state index in [1.165, 1.54) is 0 Å². The van der Waals surface area contributed by atoms with Crippen LogP contribution >= 0.6 is 0 Å². The van der Waals surface area contributed by atoms with Gasteiger partial charge in [0, 0.05) is 0 Å². The fraction of sp³-hybridized carbons (Fsp3) is 0.429. The molecule has 0 saturated heterocycles. The number of rotatable bonds is 5. The van der Waals surface area contributed by atoms with Crippen molar-refractivity contribution in [2.45, 2.75) is 32.9 Å². The van der Waals surface area contributed by atoms with Crippen LogP contribution in [0.3, 0.4) is 0 Å². The Morgan fingerprint density at radius 3 is 2.11 bits per heavy atom. The van der Waals surface area contributed by atoms with Gasteiger partial charge in [-0.1, -0.05) is 44.2 Å². The van der Waals surface area contributed by atoms with Gasteiger partial charge in [0.25, 0.3) is 0 Å². The Bertz CT molecular complexity index is 432. The second kappa shape index (κ2) is 6.78. The molecule has 0 heterocycles. The van der Waals surface area contributed by atoms with Gasteiger partial charge in [-0.25, -0.2) is 9.59 Å². The van der Waals surface area contributed by atoms with E-state index in [9.17, 15) is 9.59 Å². The zero-order valence-corrected chi connectivity index (χ0v) is 11.4. The fourth-order valence-corrected chi connectivity index (χ4v) is 1.72. The lowest BCUT2D eigenvalue weighted by Crippen LogP contribution is -2.49. The van der Waals surface area contributed by atoms with Crippen LogP contribution in [0.15, 0.2) is 30.3 Å². The zero-order valence-electron chi connectivity index (χ0n) is 11.4. The van der Waals surface area contributed by atoms with Crippen molar-refractivity contribution in [3.8, 4) is 0 Å². The Morgan fingerprint density at radius 1 is 1.05 bits per heavy atom. The van der Waals surface area contributed by atoms with Crippen LogP contribution in [-0.2, 0) is 4.79 Å². The topological polar surface area (TPSA) is 78.4 Å². The molecule has 0 radical (unpaired) electrons. The number of carboxylic acid groups (broad SMARTS) is 1. The minimum absolute atomic E-state index is 0.171. The molecule has 0 aliphatic rings. The standard InChI is InChI=1S/C14H20N2O3/c1-9(2)12(13(17)18)16-14(19)15-10(3)11-7-5-4-6-8-11/h4-10,12H,1-3H3,(H,17,18)(H2,15,16,19)/t10?,12-/m0/s1. The van der Waals surface area contributed by atoms with Crippen molar-refractivity contribution in [1.82, 2.24) is 10.6 Å². The number of benzene rings is 1. The van der Waals surface area contributed by atoms with Crippen molar-refractivity contribution in [3.63, 3.8) is 0 Å². The smallest absolute Gasteiger partial charge is 0.326 e. The molecule has 0 aliphatic heterocycles. The van der Waals surface area contributed by atoms with Crippen LogP contribution < -0.4 is 10.6 Å². The highest BCUT2D eigenvalue weighted by atomic mass is 16.4. The number of carboxylic acids is 1. The zero-order chi connectivity index (χ0) is 14.4. The number of carbonyl (C=O) groups is 2. The lowest BCUT2D eigenvalue weighted by molar-refractivity contribution is -0.140. The van der Waals surface area contributed by atoms with Crippen LogP contribution in [0.1, 0.15) is 32.4 Å². The lowest BCUT2D eigenvalue weighted by Gasteiger charge is -2.20. The van der Waals surface area contributed by atoms with Gasteiger partial charge in [-0.15, -0.1) is 0 Å². The van der Waals surface area contributed by atoms with Crippen LogP contribution in [0, 0.1) is 5.92 Å². The molecule has 3 N–H and O–H groups in total. The lowest BCUT2D eigenvalue weighted by atomic mass is 10.1. The number of nitrogens with one attached hydrogen (secondary N) is 2. The summed E-state index contributed by atoms with van der Waals surface area (Å²) in [7, 11) is 0. The van der Waals surface area contributed by atoms with Crippen molar-refractivity contribution >= 4 is 12.0 Å². The maximum absolute atomic E-state index is 11.8. The highest BCUT2D eigenvalue weighted by Gasteiger charge is 2.23. The molecule has 0 aliphatic carbocycles. The van der Waals surface area contributed by atoms with E-state index >= 15 is 0 Å². The minimum atomic E-state index is -1.03. The molecule has 19 heavy (non-hydrogen) atoms. The summed E-state index contributed by atoms with van der Waals surface area (Å²) >= 11 is 0. The summed E-state index contributed by atoms with van der Waals surface area (Å²) in [6, 6.07) is 7.95. The number of amides is 2. The van der Waals surface area contributed by atoms with Crippen LogP contribution in [-0.4, -0.2) is 23.1 Å². The van der Waals surface area contributed by atoms with Gasteiger partial charge in [-0.3, -0.25) is 0 Å². The first kappa shape index (κ1) is 15.0. The van der Waals surface area contributed by atoms with Gasteiger partial charge in [-0.05, 0) is 18.4 Å². The first-order valence-electron chi connectivity index (χ1n) is 6.26. The predicted molar refractivity (Wildman–Crippen MR) is 72.8 cm³/mol. The van der Waals surface area contributed by atoms with E-state index < -0.39 is 18.0 Å². The van der Waals surface area contributed by atoms with E-state index in [2.05, 4.69) is 10.6 Å². The number of urea groups is 1. The molecule has 0 saturated carbocycles. The quantitative estimate of drug-likeness (QED) is 0.762. The second-order valence-corrected chi connectivity index (χ2v) is 4.81. The number of aliphatic carboxylic acids is 1. The molecule has 2 amide bonds. The average molecular weight is 264 g/mol. The maximum Gasteiger partial charge on any atom is 0.326 e. The number of hydrogen-bond donors (Lipinski definition) is 3. The summed E-state index contributed by atoms with van der Waals surface area (Å²) in [5, 5.41) is 14.2. The van der Waals surface area contributed by atoms with Crippen molar-refractivity contribution in [1.29, 1.82) is 0 Å². The third kappa shape index (κ3) is 4.62. The van der Waals surface area contributed by atoms with Crippen molar-refractivity contribution in [3.05, 3.63) is 35.9 Å². The highest BCUT2D eigenvalue weighted by Crippen LogP contribution is 2.11.